The van der Waals surface area contributed by atoms with E-state index in [1.165, 1.54) is 6.26 Å². The summed E-state index contributed by atoms with van der Waals surface area (Å²) < 4.78 is 10.4. The average Bonchev–Trinajstić information content (AvgIpc) is 2.88. The number of carbonyl (C=O) groups excluding carboxylic acids is 1. The molecule has 0 fully saturated rings. The molecular weight excluding hydrogens is 240 g/mol. The molecule has 1 aromatic rings. The number of hydrogen-bond acceptors (Lipinski definition) is 3. The molecule has 3 heteroatoms. The van der Waals surface area contributed by atoms with Gasteiger partial charge in [-0.15, -0.1) is 0 Å². The maximum Gasteiger partial charge on any atom is 0.375 e. The van der Waals surface area contributed by atoms with Crippen molar-refractivity contribution >= 4 is 5.97 Å². The van der Waals surface area contributed by atoms with Gasteiger partial charge in [-0.05, 0) is 31.1 Å². The highest BCUT2D eigenvalue weighted by atomic mass is 16.6. The quantitative estimate of drug-likeness (QED) is 0.596. The standard InChI is InChI=1S/C16H20O3/c1-5-7-13(4)14(10-9-12(2)3)19-16(17)15-8-6-11-18-15/h6,8,11,13-14H,2,5,7H2,1,3-4H3. The predicted molar refractivity (Wildman–Crippen MR) is 74.6 cm³/mol. The highest BCUT2D eigenvalue weighted by Gasteiger charge is 2.21. The third-order valence-electron chi connectivity index (χ3n) is 2.65. The van der Waals surface area contributed by atoms with Crippen LogP contribution in [-0.2, 0) is 4.74 Å². The zero-order chi connectivity index (χ0) is 14.3. The second-order valence-corrected chi connectivity index (χ2v) is 4.62. The van der Waals surface area contributed by atoms with Crippen LogP contribution in [0, 0.1) is 17.8 Å². The Morgan fingerprint density at radius 2 is 2.32 bits per heavy atom. The fourth-order valence-electron chi connectivity index (χ4n) is 1.66. The Balaban J connectivity index is 2.77. The lowest BCUT2D eigenvalue weighted by atomic mass is 9.99. The molecule has 0 aromatic carbocycles. The lowest BCUT2D eigenvalue weighted by Gasteiger charge is -2.18. The van der Waals surface area contributed by atoms with Crippen LogP contribution in [0.4, 0.5) is 0 Å². The van der Waals surface area contributed by atoms with Crippen LogP contribution in [0.15, 0.2) is 35.0 Å². The van der Waals surface area contributed by atoms with E-state index in [0.29, 0.717) is 0 Å². The van der Waals surface area contributed by atoms with E-state index >= 15 is 0 Å². The number of esters is 1. The molecule has 0 saturated carbocycles. The molecule has 0 spiro atoms. The van der Waals surface area contributed by atoms with Crippen molar-refractivity contribution in [3.05, 3.63) is 36.3 Å². The first-order valence-electron chi connectivity index (χ1n) is 6.46. The fraction of sp³-hybridized carbons (Fsp3) is 0.438. The molecule has 1 rings (SSSR count). The van der Waals surface area contributed by atoms with Gasteiger partial charge in [-0.1, -0.05) is 38.7 Å². The van der Waals surface area contributed by atoms with Crippen LogP contribution in [0.5, 0.6) is 0 Å². The minimum atomic E-state index is -0.478. The number of allylic oxidation sites excluding steroid dienone is 1. The lowest BCUT2D eigenvalue weighted by Crippen LogP contribution is -2.23. The number of furan rings is 1. The third-order valence-corrected chi connectivity index (χ3v) is 2.65. The van der Waals surface area contributed by atoms with Gasteiger partial charge in [-0.3, -0.25) is 0 Å². The summed E-state index contributed by atoms with van der Waals surface area (Å²) in [6.07, 6.45) is 2.97. The molecule has 0 amide bonds. The first-order chi connectivity index (χ1) is 9.04. The van der Waals surface area contributed by atoms with Gasteiger partial charge >= 0.3 is 5.97 Å². The minimum absolute atomic E-state index is 0.177. The van der Waals surface area contributed by atoms with Crippen molar-refractivity contribution in [2.75, 3.05) is 0 Å². The zero-order valence-electron chi connectivity index (χ0n) is 11.7. The smallest absolute Gasteiger partial charge is 0.375 e. The van der Waals surface area contributed by atoms with E-state index in [1.54, 1.807) is 12.1 Å². The molecule has 0 radical (unpaired) electrons. The Morgan fingerprint density at radius 1 is 1.58 bits per heavy atom. The highest BCUT2D eigenvalue weighted by molar-refractivity contribution is 5.86. The van der Waals surface area contributed by atoms with Gasteiger partial charge in [0.1, 0.15) is 0 Å². The monoisotopic (exact) mass is 260 g/mol. The second-order valence-electron chi connectivity index (χ2n) is 4.62. The van der Waals surface area contributed by atoms with E-state index < -0.39 is 12.1 Å². The Kier molecular flexibility index (Phi) is 5.95. The number of hydrogen-bond donors (Lipinski definition) is 0. The first kappa shape index (κ1) is 15.1. The molecule has 0 aliphatic carbocycles. The summed E-state index contributed by atoms with van der Waals surface area (Å²) in [6, 6.07) is 3.23. The molecule has 1 heterocycles. The van der Waals surface area contributed by atoms with Crippen molar-refractivity contribution in [1.82, 2.24) is 0 Å². The van der Waals surface area contributed by atoms with E-state index in [2.05, 4.69) is 25.3 Å². The van der Waals surface area contributed by atoms with Gasteiger partial charge in [0.2, 0.25) is 5.76 Å². The van der Waals surface area contributed by atoms with Gasteiger partial charge in [0.15, 0.2) is 6.10 Å². The van der Waals surface area contributed by atoms with Crippen LogP contribution in [0.25, 0.3) is 0 Å². The summed E-state index contributed by atoms with van der Waals surface area (Å²) >= 11 is 0. The molecule has 2 atom stereocenters. The van der Waals surface area contributed by atoms with Crippen molar-refractivity contribution in [3.63, 3.8) is 0 Å². The number of rotatable bonds is 5. The van der Waals surface area contributed by atoms with E-state index in [9.17, 15) is 4.79 Å². The van der Waals surface area contributed by atoms with Crippen LogP contribution in [0.2, 0.25) is 0 Å². The molecule has 2 unspecified atom stereocenters. The van der Waals surface area contributed by atoms with Crippen molar-refractivity contribution in [3.8, 4) is 11.8 Å². The molecule has 0 aliphatic heterocycles. The maximum absolute atomic E-state index is 11.9. The maximum atomic E-state index is 11.9. The largest absolute Gasteiger partial charge is 0.457 e. The molecule has 0 saturated heterocycles. The molecule has 0 aliphatic rings. The van der Waals surface area contributed by atoms with Crippen molar-refractivity contribution < 1.29 is 13.9 Å². The van der Waals surface area contributed by atoms with Gasteiger partial charge in [0.25, 0.3) is 0 Å². The normalized spacial score (nSPS) is 13.0. The summed E-state index contributed by atoms with van der Waals surface area (Å²) in [4.78, 5) is 11.9. The van der Waals surface area contributed by atoms with Gasteiger partial charge in [0, 0.05) is 5.92 Å². The van der Waals surface area contributed by atoms with Crippen LogP contribution in [0.1, 0.15) is 44.2 Å². The van der Waals surface area contributed by atoms with Crippen LogP contribution >= 0.6 is 0 Å². The predicted octanol–water partition coefficient (Wildman–Crippen LogP) is 3.82. The average molecular weight is 260 g/mol. The lowest BCUT2D eigenvalue weighted by molar-refractivity contribution is 0.0270. The number of carbonyl (C=O) groups is 1. The van der Waals surface area contributed by atoms with Crippen molar-refractivity contribution in [1.29, 1.82) is 0 Å². The Hall–Kier alpha value is -1.95. The van der Waals surface area contributed by atoms with Crippen molar-refractivity contribution in [2.45, 2.75) is 39.7 Å². The summed E-state index contributed by atoms with van der Waals surface area (Å²) in [7, 11) is 0. The third kappa shape index (κ3) is 5.05. The molecular formula is C16H20O3. The van der Waals surface area contributed by atoms with Gasteiger partial charge in [0.05, 0.1) is 6.26 Å². The van der Waals surface area contributed by atoms with Crippen LogP contribution in [-0.4, -0.2) is 12.1 Å². The summed E-state index contributed by atoms with van der Waals surface area (Å²) in [5.41, 5.74) is 0.753. The van der Waals surface area contributed by atoms with Gasteiger partial charge < -0.3 is 9.15 Å². The van der Waals surface area contributed by atoms with Gasteiger partial charge in [-0.25, -0.2) is 4.79 Å². The highest BCUT2D eigenvalue weighted by Crippen LogP contribution is 2.16. The molecule has 1 aromatic heterocycles. The van der Waals surface area contributed by atoms with E-state index in [-0.39, 0.29) is 11.7 Å². The summed E-state index contributed by atoms with van der Waals surface area (Å²) in [6.45, 7) is 9.67. The second kappa shape index (κ2) is 7.48. The Labute approximate surface area is 114 Å². The number of ether oxygens (including phenoxy) is 1. The minimum Gasteiger partial charge on any atom is -0.457 e. The molecule has 19 heavy (non-hydrogen) atoms. The molecule has 3 nitrogen and oxygen atoms in total. The molecule has 0 N–H and O–H groups in total. The van der Waals surface area contributed by atoms with E-state index in [4.69, 9.17) is 9.15 Å². The first-order valence-corrected chi connectivity index (χ1v) is 6.46. The molecule has 102 valence electrons. The SMILES string of the molecule is C=C(C)C#CC(OC(=O)c1ccco1)C(C)CCC. The fourth-order valence-corrected chi connectivity index (χ4v) is 1.66. The van der Waals surface area contributed by atoms with Crippen LogP contribution < -0.4 is 0 Å². The van der Waals surface area contributed by atoms with Gasteiger partial charge in [-0.2, -0.15) is 0 Å². The summed E-state index contributed by atoms with van der Waals surface area (Å²) in [5.74, 6) is 5.74. The zero-order valence-corrected chi connectivity index (χ0v) is 11.7. The topological polar surface area (TPSA) is 39.4 Å². The van der Waals surface area contributed by atoms with Crippen molar-refractivity contribution in [2.24, 2.45) is 5.92 Å². The van der Waals surface area contributed by atoms with Crippen LogP contribution in [0.3, 0.4) is 0 Å². The van der Waals surface area contributed by atoms with E-state index in [1.807, 2.05) is 13.8 Å². The Morgan fingerprint density at radius 3 is 2.84 bits per heavy atom. The van der Waals surface area contributed by atoms with E-state index in [0.717, 1.165) is 18.4 Å². The summed E-state index contributed by atoms with van der Waals surface area (Å²) in [5, 5.41) is 0. The Bertz CT molecular complexity index is 474. The molecule has 0 bridgehead atoms.